The third-order valence-electron chi connectivity index (χ3n) is 5.32. The van der Waals surface area contributed by atoms with Crippen molar-refractivity contribution in [3.8, 4) is 0 Å². The van der Waals surface area contributed by atoms with E-state index >= 15 is 0 Å². The first kappa shape index (κ1) is 22.3. The van der Waals surface area contributed by atoms with Crippen molar-refractivity contribution < 1.29 is 9.59 Å². The normalized spacial score (nSPS) is 16.4. The van der Waals surface area contributed by atoms with Gasteiger partial charge in [-0.25, -0.2) is 0 Å². The van der Waals surface area contributed by atoms with E-state index < -0.39 is 0 Å². The van der Waals surface area contributed by atoms with Gasteiger partial charge in [0, 0.05) is 42.3 Å². The summed E-state index contributed by atoms with van der Waals surface area (Å²) in [5.74, 6) is 0.125. The molecule has 164 valence electrons. The Balaban J connectivity index is 1.38. The van der Waals surface area contributed by atoms with Gasteiger partial charge < -0.3 is 15.6 Å². The molecule has 7 heteroatoms. The molecule has 2 heterocycles. The Morgan fingerprint density at radius 1 is 1.00 bits per heavy atom. The van der Waals surface area contributed by atoms with Crippen molar-refractivity contribution in [2.75, 3.05) is 45.8 Å². The molecule has 0 spiro atoms. The molecule has 0 unspecified atom stereocenters. The number of fused-ring (bicyclic) bond motifs is 1. The summed E-state index contributed by atoms with van der Waals surface area (Å²) in [7, 11) is 0. The highest BCUT2D eigenvalue weighted by atomic mass is 16.2. The van der Waals surface area contributed by atoms with Crippen LogP contribution >= 0.6 is 0 Å². The lowest BCUT2D eigenvalue weighted by Crippen LogP contribution is -2.46. The summed E-state index contributed by atoms with van der Waals surface area (Å²) in [6.45, 7) is 10.8. The Labute approximate surface area is 179 Å². The topological polar surface area (TPSA) is 80.5 Å². The van der Waals surface area contributed by atoms with Gasteiger partial charge in [0.15, 0.2) is 0 Å². The van der Waals surface area contributed by atoms with Crippen molar-refractivity contribution in [2.24, 2.45) is 0 Å². The van der Waals surface area contributed by atoms with E-state index in [1.165, 1.54) is 10.9 Å². The number of amides is 2. The predicted octanol–water partition coefficient (Wildman–Crippen LogP) is 1.75. The molecule has 1 fully saturated rings. The van der Waals surface area contributed by atoms with Crippen LogP contribution in [0.3, 0.4) is 0 Å². The molecule has 2 amide bonds. The quantitative estimate of drug-likeness (QED) is 0.646. The highest BCUT2D eigenvalue weighted by Gasteiger charge is 2.20. The fourth-order valence-corrected chi connectivity index (χ4v) is 3.94. The van der Waals surface area contributed by atoms with Gasteiger partial charge in [-0.05, 0) is 58.3 Å². The van der Waals surface area contributed by atoms with Gasteiger partial charge in [-0.2, -0.15) is 0 Å². The third-order valence-corrected chi connectivity index (χ3v) is 5.32. The third kappa shape index (κ3) is 6.85. The van der Waals surface area contributed by atoms with E-state index in [0.29, 0.717) is 19.6 Å². The first-order valence-corrected chi connectivity index (χ1v) is 10.9. The second-order valence-corrected chi connectivity index (χ2v) is 9.16. The molecule has 3 rings (SSSR count). The number of benzene rings is 1. The first-order chi connectivity index (χ1) is 14.3. The molecular weight excluding hydrogens is 378 g/mol. The van der Waals surface area contributed by atoms with Gasteiger partial charge in [-0.15, -0.1) is 0 Å². The lowest BCUT2D eigenvalue weighted by molar-refractivity contribution is -0.124. The summed E-state index contributed by atoms with van der Waals surface area (Å²) in [6.07, 6.45) is 3.80. The van der Waals surface area contributed by atoms with E-state index in [1.807, 2.05) is 39.1 Å². The second kappa shape index (κ2) is 10.1. The SMILES string of the molecule is CC(C)(C)NC(=O)CN1CCCN(CC(=O)NCCc2c[nH]c3ccccc23)CC1. The summed E-state index contributed by atoms with van der Waals surface area (Å²) < 4.78 is 0. The number of H-pyrrole nitrogens is 1. The number of carbonyl (C=O) groups is 2. The number of rotatable bonds is 7. The van der Waals surface area contributed by atoms with Crippen LogP contribution in [0.15, 0.2) is 30.5 Å². The van der Waals surface area contributed by atoms with Gasteiger partial charge in [-0.3, -0.25) is 19.4 Å². The molecule has 1 aromatic heterocycles. The zero-order valence-corrected chi connectivity index (χ0v) is 18.5. The minimum atomic E-state index is -0.209. The molecule has 0 saturated carbocycles. The van der Waals surface area contributed by atoms with E-state index in [2.05, 4.69) is 37.6 Å². The average Bonchev–Trinajstić information content (AvgIpc) is 2.95. The second-order valence-electron chi connectivity index (χ2n) is 9.16. The molecule has 0 atom stereocenters. The standard InChI is InChI=1S/C23H35N5O2/c1-23(2,3)26-22(30)17-28-12-6-11-27(13-14-28)16-21(29)24-10-9-18-15-25-20-8-5-4-7-19(18)20/h4-5,7-8,15,25H,6,9-14,16-17H2,1-3H3,(H,24,29)(H,26,30). The van der Waals surface area contributed by atoms with Crippen LogP contribution in [0.1, 0.15) is 32.8 Å². The van der Waals surface area contributed by atoms with Gasteiger partial charge in [0.1, 0.15) is 0 Å². The lowest BCUT2D eigenvalue weighted by Gasteiger charge is -2.25. The predicted molar refractivity (Wildman–Crippen MR) is 120 cm³/mol. The fourth-order valence-electron chi connectivity index (χ4n) is 3.94. The monoisotopic (exact) mass is 413 g/mol. The molecule has 0 aliphatic carbocycles. The van der Waals surface area contributed by atoms with Gasteiger partial charge in [0.05, 0.1) is 13.1 Å². The summed E-state index contributed by atoms with van der Waals surface area (Å²) in [5.41, 5.74) is 2.15. The summed E-state index contributed by atoms with van der Waals surface area (Å²) in [5, 5.41) is 7.28. The van der Waals surface area contributed by atoms with Crippen LogP contribution in [0.5, 0.6) is 0 Å². The highest BCUT2D eigenvalue weighted by Crippen LogP contribution is 2.17. The maximum absolute atomic E-state index is 12.4. The van der Waals surface area contributed by atoms with Crippen LogP contribution in [0.2, 0.25) is 0 Å². The molecule has 3 N–H and O–H groups in total. The highest BCUT2D eigenvalue weighted by molar-refractivity contribution is 5.83. The molecule has 30 heavy (non-hydrogen) atoms. The number of nitrogens with one attached hydrogen (secondary N) is 3. The van der Waals surface area contributed by atoms with Crippen molar-refractivity contribution >= 4 is 22.7 Å². The minimum absolute atomic E-state index is 0.0611. The van der Waals surface area contributed by atoms with Crippen LogP contribution in [0.4, 0.5) is 0 Å². The largest absolute Gasteiger partial charge is 0.361 e. The molecule has 1 aliphatic rings. The van der Waals surface area contributed by atoms with Crippen LogP contribution < -0.4 is 10.6 Å². The van der Waals surface area contributed by atoms with E-state index in [9.17, 15) is 9.59 Å². The summed E-state index contributed by atoms with van der Waals surface area (Å²) >= 11 is 0. The van der Waals surface area contributed by atoms with Crippen molar-refractivity contribution in [1.82, 2.24) is 25.4 Å². The Hall–Kier alpha value is -2.38. The fraction of sp³-hybridized carbons (Fsp3) is 0.565. The van der Waals surface area contributed by atoms with Crippen LogP contribution in [0.25, 0.3) is 10.9 Å². The Morgan fingerprint density at radius 3 is 2.37 bits per heavy atom. The van der Waals surface area contributed by atoms with E-state index in [1.54, 1.807) is 0 Å². The van der Waals surface area contributed by atoms with Crippen LogP contribution in [0, 0.1) is 0 Å². The van der Waals surface area contributed by atoms with Crippen LogP contribution in [-0.4, -0.2) is 78.0 Å². The van der Waals surface area contributed by atoms with E-state index in [0.717, 1.165) is 44.5 Å². The average molecular weight is 414 g/mol. The number of hydrogen-bond donors (Lipinski definition) is 3. The number of hydrogen-bond acceptors (Lipinski definition) is 4. The number of nitrogens with zero attached hydrogens (tertiary/aromatic N) is 2. The Morgan fingerprint density at radius 2 is 1.67 bits per heavy atom. The number of para-hydroxylation sites is 1. The first-order valence-electron chi connectivity index (χ1n) is 10.9. The summed E-state index contributed by atoms with van der Waals surface area (Å²) in [6, 6.07) is 8.22. The molecule has 7 nitrogen and oxygen atoms in total. The van der Waals surface area contributed by atoms with Crippen molar-refractivity contribution in [1.29, 1.82) is 0 Å². The lowest BCUT2D eigenvalue weighted by atomic mass is 10.1. The molecule has 0 bridgehead atoms. The van der Waals surface area contributed by atoms with Gasteiger partial charge in [0.2, 0.25) is 11.8 Å². The maximum Gasteiger partial charge on any atom is 0.234 e. The molecule has 0 radical (unpaired) electrons. The maximum atomic E-state index is 12.4. The number of aromatic amines is 1. The minimum Gasteiger partial charge on any atom is -0.361 e. The van der Waals surface area contributed by atoms with Crippen molar-refractivity contribution in [3.05, 3.63) is 36.0 Å². The van der Waals surface area contributed by atoms with Gasteiger partial charge in [-0.1, -0.05) is 18.2 Å². The zero-order chi connectivity index (χ0) is 21.6. The molecule has 1 aromatic carbocycles. The smallest absolute Gasteiger partial charge is 0.234 e. The number of carbonyl (C=O) groups excluding carboxylic acids is 2. The number of aromatic nitrogens is 1. The van der Waals surface area contributed by atoms with Crippen LogP contribution in [-0.2, 0) is 16.0 Å². The van der Waals surface area contributed by atoms with Gasteiger partial charge >= 0.3 is 0 Å². The summed E-state index contributed by atoms with van der Waals surface area (Å²) in [4.78, 5) is 32.2. The van der Waals surface area contributed by atoms with Gasteiger partial charge in [0.25, 0.3) is 0 Å². The van der Waals surface area contributed by atoms with E-state index in [-0.39, 0.29) is 17.4 Å². The Kier molecular flexibility index (Phi) is 7.50. The van der Waals surface area contributed by atoms with Crippen molar-refractivity contribution in [3.63, 3.8) is 0 Å². The molecule has 1 saturated heterocycles. The molecule has 1 aliphatic heterocycles. The Bertz CT molecular complexity index is 855. The molecule has 2 aromatic rings. The van der Waals surface area contributed by atoms with Crippen molar-refractivity contribution in [2.45, 2.75) is 39.2 Å². The zero-order valence-electron chi connectivity index (χ0n) is 18.5. The van der Waals surface area contributed by atoms with E-state index in [4.69, 9.17) is 0 Å². The molecular formula is C23H35N5O2.